The number of benzene rings is 1. The van der Waals surface area contributed by atoms with Crippen LogP contribution in [0, 0.1) is 0 Å². The summed E-state index contributed by atoms with van der Waals surface area (Å²) in [7, 11) is 1.41. The molecule has 0 aliphatic heterocycles. The molecule has 0 fully saturated rings. The Morgan fingerprint density at radius 2 is 2.06 bits per heavy atom. The Labute approximate surface area is 96.8 Å². The summed E-state index contributed by atoms with van der Waals surface area (Å²) in [6.07, 6.45) is 0.392. The second-order valence-corrected chi connectivity index (χ2v) is 3.99. The van der Waals surface area contributed by atoms with Gasteiger partial charge in [0.15, 0.2) is 0 Å². The largest absolute Gasteiger partial charge is 0.469 e. The predicted octanol–water partition coefficient (Wildman–Crippen LogP) is 2.79. The number of para-hydroxylation sites is 1. The van der Waals surface area contributed by atoms with Crippen LogP contribution in [0.4, 0.5) is 5.69 Å². The van der Waals surface area contributed by atoms with E-state index in [2.05, 4.69) is 30.0 Å². The molecule has 0 aliphatic rings. The predicted molar refractivity (Wildman–Crippen MR) is 65.7 cm³/mol. The summed E-state index contributed by atoms with van der Waals surface area (Å²) in [5.41, 5.74) is 2.37. The molecule has 0 unspecified atom stereocenters. The Morgan fingerprint density at radius 1 is 1.38 bits per heavy atom. The van der Waals surface area contributed by atoms with Crippen molar-refractivity contribution in [2.75, 3.05) is 19.0 Å². The van der Waals surface area contributed by atoms with E-state index in [1.165, 1.54) is 12.7 Å². The van der Waals surface area contributed by atoms with E-state index < -0.39 is 0 Å². The molecule has 0 aliphatic carbocycles. The molecule has 1 aromatic carbocycles. The number of esters is 1. The number of anilines is 1. The van der Waals surface area contributed by atoms with Crippen LogP contribution < -0.4 is 5.32 Å². The Bertz CT molecular complexity index is 348. The lowest BCUT2D eigenvalue weighted by atomic mass is 10.0. The highest BCUT2D eigenvalue weighted by molar-refractivity contribution is 5.70. The maximum atomic E-state index is 11.0. The highest BCUT2D eigenvalue weighted by atomic mass is 16.5. The van der Waals surface area contributed by atoms with E-state index in [0.29, 0.717) is 18.9 Å². The second kappa shape index (κ2) is 6.16. The highest BCUT2D eigenvalue weighted by Crippen LogP contribution is 2.23. The fourth-order valence-corrected chi connectivity index (χ4v) is 1.56. The normalized spacial score (nSPS) is 10.2. The third-order valence-electron chi connectivity index (χ3n) is 2.46. The van der Waals surface area contributed by atoms with Gasteiger partial charge >= 0.3 is 5.97 Å². The van der Waals surface area contributed by atoms with Crippen LogP contribution in [0.25, 0.3) is 0 Å². The summed E-state index contributed by atoms with van der Waals surface area (Å²) in [6, 6.07) is 8.16. The van der Waals surface area contributed by atoms with E-state index in [9.17, 15) is 4.79 Å². The van der Waals surface area contributed by atoms with Gasteiger partial charge in [-0.2, -0.15) is 0 Å². The number of methoxy groups -OCH3 is 1. The summed E-state index contributed by atoms with van der Waals surface area (Å²) >= 11 is 0. The SMILES string of the molecule is COC(=O)CCNc1ccccc1C(C)C. The number of carbonyl (C=O) groups excluding carboxylic acids is 1. The number of rotatable bonds is 5. The van der Waals surface area contributed by atoms with E-state index in [-0.39, 0.29) is 5.97 Å². The number of ether oxygens (including phenoxy) is 1. The molecule has 88 valence electrons. The summed E-state index contributed by atoms with van der Waals surface area (Å²) in [5.74, 6) is 0.288. The van der Waals surface area contributed by atoms with E-state index >= 15 is 0 Å². The summed E-state index contributed by atoms with van der Waals surface area (Å²) in [5, 5.41) is 3.26. The molecule has 0 amide bonds. The zero-order valence-electron chi connectivity index (χ0n) is 10.1. The van der Waals surface area contributed by atoms with Crippen LogP contribution in [-0.2, 0) is 9.53 Å². The number of nitrogens with one attached hydrogen (secondary N) is 1. The first-order chi connectivity index (χ1) is 7.65. The van der Waals surface area contributed by atoms with E-state index in [4.69, 9.17) is 0 Å². The second-order valence-electron chi connectivity index (χ2n) is 3.99. The summed E-state index contributed by atoms with van der Waals surface area (Å²) in [6.45, 7) is 4.91. The lowest BCUT2D eigenvalue weighted by molar-refractivity contribution is -0.140. The van der Waals surface area contributed by atoms with Crippen molar-refractivity contribution in [1.82, 2.24) is 0 Å². The Morgan fingerprint density at radius 3 is 2.69 bits per heavy atom. The lowest BCUT2D eigenvalue weighted by Crippen LogP contribution is -2.11. The fourth-order valence-electron chi connectivity index (χ4n) is 1.56. The van der Waals surface area contributed by atoms with E-state index in [1.54, 1.807) is 0 Å². The average Bonchev–Trinajstić information content (AvgIpc) is 2.29. The van der Waals surface area contributed by atoms with Crippen molar-refractivity contribution in [2.45, 2.75) is 26.2 Å². The molecule has 0 heterocycles. The number of hydrogen-bond donors (Lipinski definition) is 1. The standard InChI is InChI=1S/C13H19NO2/c1-10(2)11-6-4-5-7-12(11)14-9-8-13(15)16-3/h4-7,10,14H,8-9H2,1-3H3. The molecule has 0 atom stereocenters. The zero-order chi connectivity index (χ0) is 12.0. The van der Waals surface area contributed by atoms with Crippen LogP contribution in [0.2, 0.25) is 0 Å². The molecule has 3 heteroatoms. The van der Waals surface area contributed by atoms with Gasteiger partial charge in [-0.05, 0) is 17.5 Å². The van der Waals surface area contributed by atoms with E-state index in [1.807, 2.05) is 18.2 Å². The van der Waals surface area contributed by atoms with Gasteiger partial charge in [0.05, 0.1) is 13.5 Å². The molecule has 0 aromatic heterocycles. The van der Waals surface area contributed by atoms with Crippen LogP contribution >= 0.6 is 0 Å². The Hall–Kier alpha value is -1.51. The lowest BCUT2D eigenvalue weighted by Gasteiger charge is -2.13. The van der Waals surface area contributed by atoms with Crippen LogP contribution in [-0.4, -0.2) is 19.6 Å². The van der Waals surface area contributed by atoms with Crippen molar-refractivity contribution in [3.63, 3.8) is 0 Å². The fraction of sp³-hybridized carbons (Fsp3) is 0.462. The van der Waals surface area contributed by atoms with Gasteiger partial charge in [0.2, 0.25) is 0 Å². The monoisotopic (exact) mass is 221 g/mol. The molecule has 16 heavy (non-hydrogen) atoms. The minimum absolute atomic E-state index is 0.186. The first-order valence-corrected chi connectivity index (χ1v) is 5.54. The summed E-state index contributed by atoms with van der Waals surface area (Å²) < 4.78 is 4.59. The molecule has 0 saturated heterocycles. The minimum atomic E-state index is -0.186. The van der Waals surface area contributed by atoms with Crippen molar-refractivity contribution >= 4 is 11.7 Å². The van der Waals surface area contributed by atoms with Crippen LogP contribution in [0.15, 0.2) is 24.3 Å². The molecular formula is C13H19NO2. The molecule has 0 spiro atoms. The maximum absolute atomic E-state index is 11.0. The molecule has 3 nitrogen and oxygen atoms in total. The van der Waals surface area contributed by atoms with Gasteiger partial charge in [0.1, 0.15) is 0 Å². The maximum Gasteiger partial charge on any atom is 0.307 e. The molecule has 0 saturated carbocycles. The van der Waals surface area contributed by atoms with Gasteiger partial charge in [-0.15, -0.1) is 0 Å². The molecular weight excluding hydrogens is 202 g/mol. The topological polar surface area (TPSA) is 38.3 Å². The van der Waals surface area contributed by atoms with Gasteiger partial charge in [-0.1, -0.05) is 32.0 Å². The quantitative estimate of drug-likeness (QED) is 0.777. The van der Waals surface area contributed by atoms with Crippen LogP contribution in [0.3, 0.4) is 0 Å². The Balaban J connectivity index is 2.56. The first kappa shape index (κ1) is 12.6. The van der Waals surface area contributed by atoms with Gasteiger partial charge in [0, 0.05) is 12.2 Å². The third-order valence-corrected chi connectivity index (χ3v) is 2.46. The Kier molecular flexibility index (Phi) is 4.83. The van der Waals surface area contributed by atoms with Gasteiger partial charge in [-0.25, -0.2) is 0 Å². The van der Waals surface area contributed by atoms with Crippen molar-refractivity contribution in [1.29, 1.82) is 0 Å². The molecule has 0 bridgehead atoms. The summed E-state index contributed by atoms with van der Waals surface area (Å²) in [4.78, 5) is 11.0. The smallest absolute Gasteiger partial charge is 0.307 e. The molecule has 1 aromatic rings. The first-order valence-electron chi connectivity index (χ1n) is 5.54. The number of hydrogen-bond acceptors (Lipinski definition) is 3. The zero-order valence-corrected chi connectivity index (χ0v) is 10.1. The van der Waals surface area contributed by atoms with Gasteiger partial charge in [0.25, 0.3) is 0 Å². The van der Waals surface area contributed by atoms with E-state index in [0.717, 1.165) is 5.69 Å². The molecule has 1 rings (SSSR count). The molecule has 0 radical (unpaired) electrons. The third kappa shape index (κ3) is 3.57. The van der Waals surface area contributed by atoms with Crippen molar-refractivity contribution < 1.29 is 9.53 Å². The highest BCUT2D eigenvalue weighted by Gasteiger charge is 2.05. The molecule has 1 N–H and O–H groups in total. The van der Waals surface area contributed by atoms with Crippen LogP contribution in [0.5, 0.6) is 0 Å². The average molecular weight is 221 g/mol. The van der Waals surface area contributed by atoms with Crippen molar-refractivity contribution in [3.05, 3.63) is 29.8 Å². The van der Waals surface area contributed by atoms with Crippen LogP contribution in [0.1, 0.15) is 31.7 Å². The van der Waals surface area contributed by atoms with Crippen molar-refractivity contribution in [3.8, 4) is 0 Å². The van der Waals surface area contributed by atoms with Gasteiger partial charge < -0.3 is 10.1 Å². The van der Waals surface area contributed by atoms with Crippen molar-refractivity contribution in [2.24, 2.45) is 0 Å². The number of carbonyl (C=O) groups is 1. The minimum Gasteiger partial charge on any atom is -0.469 e. The van der Waals surface area contributed by atoms with Gasteiger partial charge in [-0.3, -0.25) is 4.79 Å².